The van der Waals surface area contributed by atoms with Gasteiger partial charge in [-0.15, -0.1) is 11.3 Å². The highest BCUT2D eigenvalue weighted by atomic mass is 32.1. The molecule has 1 heterocycles. The van der Waals surface area contributed by atoms with Crippen LogP contribution in [-0.4, -0.2) is 48.3 Å². The zero-order valence-electron chi connectivity index (χ0n) is 17.7. The van der Waals surface area contributed by atoms with E-state index < -0.39 is 17.2 Å². The molecule has 0 radical (unpaired) electrons. The van der Waals surface area contributed by atoms with Crippen molar-refractivity contribution in [1.82, 2.24) is 20.9 Å². The van der Waals surface area contributed by atoms with Gasteiger partial charge in [0.05, 0.1) is 16.2 Å². The molecule has 0 aromatic carbocycles. The third kappa shape index (κ3) is 8.60. The lowest BCUT2D eigenvalue weighted by Gasteiger charge is -2.34. The Labute approximate surface area is 167 Å². The highest BCUT2D eigenvalue weighted by molar-refractivity contribution is 7.09. The van der Waals surface area contributed by atoms with Crippen molar-refractivity contribution >= 4 is 23.4 Å². The van der Waals surface area contributed by atoms with Crippen LogP contribution in [0.15, 0.2) is 10.4 Å². The molecule has 0 atom stereocenters. The number of ether oxygens (including phenoxy) is 1. The minimum absolute atomic E-state index is 0.394. The van der Waals surface area contributed by atoms with Gasteiger partial charge in [0.1, 0.15) is 5.60 Å². The van der Waals surface area contributed by atoms with E-state index >= 15 is 0 Å². The average Bonchev–Trinajstić information content (AvgIpc) is 3.00. The number of hydrogen-bond acceptors (Lipinski definition) is 5. The van der Waals surface area contributed by atoms with Crippen LogP contribution in [0.5, 0.6) is 0 Å². The SMILES string of the molecule is CCC(CC)(CNC(=NC)NCCc1csc(C)n1)NC(=O)OC(C)(C)C. The Morgan fingerprint density at radius 3 is 2.41 bits per heavy atom. The Kier molecular flexibility index (Phi) is 9.02. The molecule has 0 bridgehead atoms. The molecule has 1 aromatic heterocycles. The van der Waals surface area contributed by atoms with Gasteiger partial charge in [0, 0.05) is 31.9 Å². The zero-order chi connectivity index (χ0) is 20.5. The molecule has 0 unspecified atom stereocenters. The lowest BCUT2D eigenvalue weighted by atomic mass is 9.93. The molecule has 1 amide bonds. The van der Waals surface area contributed by atoms with E-state index in [0.29, 0.717) is 12.5 Å². The summed E-state index contributed by atoms with van der Waals surface area (Å²) >= 11 is 1.66. The van der Waals surface area contributed by atoms with Crippen molar-refractivity contribution in [2.75, 3.05) is 20.1 Å². The molecule has 0 saturated carbocycles. The molecule has 0 fully saturated rings. The van der Waals surface area contributed by atoms with E-state index in [-0.39, 0.29) is 0 Å². The summed E-state index contributed by atoms with van der Waals surface area (Å²) in [5.74, 6) is 0.708. The van der Waals surface area contributed by atoms with Crippen molar-refractivity contribution in [1.29, 1.82) is 0 Å². The van der Waals surface area contributed by atoms with Gasteiger partial charge in [-0.25, -0.2) is 9.78 Å². The van der Waals surface area contributed by atoms with E-state index in [1.54, 1.807) is 18.4 Å². The first kappa shape index (κ1) is 23.2. The number of carbonyl (C=O) groups is 1. The van der Waals surface area contributed by atoms with Gasteiger partial charge in [0.2, 0.25) is 0 Å². The predicted octanol–water partition coefficient (Wildman–Crippen LogP) is 3.24. The van der Waals surface area contributed by atoms with E-state index in [0.717, 1.165) is 36.5 Å². The van der Waals surface area contributed by atoms with Crippen LogP contribution >= 0.6 is 11.3 Å². The van der Waals surface area contributed by atoms with E-state index in [1.165, 1.54) is 0 Å². The predicted molar refractivity (Wildman–Crippen MR) is 113 cm³/mol. The molecule has 3 N–H and O–H groups in total. The van der Waals surface area contributed by atoms with Crippen molar-refractivity contribution in [3.05, 3.63) is 16.1 Å². The van der Waals surface area contributed by atoms with Crippen LogP contribution in [0.2, 0.25) is 0 Å². The van der Waals surface area contributed by atoms with Crippen LogP contribution in [0.4, 0.5) is 4.79 Å². The molecule has 1 rings (SSSR count). The van der Waals surface area contributed by atoms with E-state index in [4.69, 9.17) is 4.74 Å². The van der Waals surface area contributed by atoms with Gasteiger partial charge in [-0.2, -0.15) is 0 Å². The monoisotopic (exact) mass is 397 g/mol. The Morgan fingerprint density at radius 1 is 1.26 bits per heavy atom. The van der Waals surface area contributed by atoms with Gasteiger partial charge in [-0.1, -0.05) is 13.8 Å². The quantitative estimate of drug-likeness (QED) is 0.463. The van der Waals surface area contributed by atoms with Crippen LogP contribution in [-0.2, 0) is 11.2 Å². The number of hydrogen-bond donors (Lipinski definition) is 3. The normalized spacial score (nSPS) is 12.6. The van der Waals surface area contributed by atoms with Gasteiger partial charge >= 0.3 is 6.09 Å². The van der Waals surface area contributed by atoms with E-state index in [1.807, 2.05) is 27.7 Å². The minimum atomic E-state index is -0.517. The van der Waals surface area contributed by atoms with Crippen molar-refractivity contribution in [2.45, 2.75) is 71.9 Å². The van der Waals surface area contributed by atoms with Crippen LogP contribution in [0.1, 0.15) is 58.2 Å². The largest absolute Gasteiger partial charge is 0.444 e. The average molecular weight is 398 g/mol. The number of thiazole rings is 1. The lowest BCUT2D eigenvalue weighted by molar-refractivity contribution is 0.0448. The van der Waals surface area contributed by atoms with Crippen LogP contribution in [0.3, 0.4) is 0 Å². The third-order valence-corrected chi connectivity index (χ3v) is 5.10. The molecule has 0 aliphatic rings. The van der Waals surface area contributed by atoms with Gasteiger partial charge in [-0.3, -0.25) is 4.99 Å². The van der Waals surface area contributed by atoms with Crippen molar-refractivity contribution in [2.24, 2.45) is 4.99 Å². The third-order valence-electron chi connectivity index (χ3n) is 4.28. The summed E-state index contributed by atoms with van der Waals surface area (Å²) in [7, 11) is 1.74. The van der Waals surface area contributed by atoms with Crippen LogP contribution < -0.4 is 16.0 Å². The number of nitrogens with one attached hydrogen (secondary N) is 3. The summed E-state index contributed by atoms with van der Waals surface area (Å²) in [6.45, 7) is 13.0. The summed E-state index contributed by atoms with van der Waals surface area (Å²) in [5.41, 5.74) is 0.172. The van der Waals surface area contributed by atoms with Gasteiger partial charge in [0.25, 0.3) is 0 Å². The molecule has 1 aromatic rings. The van der Waals surface area contributed by atoms with Gasteiger partial charge < -0.3 is 20.7 Å². The molecule has 7 nitrogen and oxygen atoms in total. The summed E-state index contributed by atoms with van der Waals surface area (Å²) in [4.78, 5) is 21.0. The highest BCUT2D eigenvalue weighted by Gasteiger charge is 2.30. The Hall–Kier alpha value is -1.83. The molecule has 27 heavy (non-hydrogen) atoms. The first-order valence-corrected chi connectivity index (χ1v) is 10.4. The molecule has 8 heteroatoms. The van der Waals surface area contributed by atoms with Crippen LogP contribution in [0, 0.1) is 6.92 Å². The first-order chi connectivity index (χ1) is 12.6. The Morgan fingerprint density at radius 2 is 1.93 bits per heavy atom. The number of aliphatic imine (C=N–C) groups is 1. The smallest absolute Gasteiger partial charge is 0.408 e. The number of carbonyl (C=O) groups excluding carboxylic acids is 1. The molecular weight excluding hydrogens is 362 g/mol. The second-order valence-corrected chi connectivity index (χ2v) is 8.64. The molecule has 0 aliphatic carbocycles. The maximum absolute atomic E-state index is 12.2. The summed E-state index contributed by atoms with van der Waals surface area (Å²) < 4.78 is 5.42. The summed E-state index contributed by atoms with van der Waals surface area (Å²) in [6, 6.07) is 0. The van der Waals surface area contributed by atoms with Gasteiger partial charge in [0.15, 0.2) is 5.96 Å². The molecule has 0 saturated heterocycles. The number of amides is 1. The summed E-state index contributed by atoms with van der Waals surface area (Å²) in [6.07, 6.45) is 2.01. The Balaban J connectivity index is 2.55. The standard InChI is InChI=1S/C19H35N5O2S/c1-8-19(9-2,24-17(25)26-18(4,5)6)13-22-16(20-7)21-11-10-15-12-27-14(3)23-15/h12H,8-11,13H2,1-7H3,(H,24,25)(H2,20,21,22). The number of aromatic nitrogens is 1. The van der Waals surface area contributed by atoms with Gasteiger partial charge in [-0.05, 0) is 40.5 Å². The fourth-order valence-electron chi connectivity index (χ4n) is 2.55. The maximum atomic E-state index is 12.2. The fraction of sp³-hybridized carbons (Fsp3) is 0.737. The number of aryl methyl sites for hydroxylation is 1. The lowest BCUT2D eigenvalue weighted by Crippen LogP contribution is -2.57. The topological polar surface area (TPSA) is 87.6 Å². The first-order valence-electron chi connectivity index (χ1n) is 9.49. The highest BCUT2D eigenvalue weighted by Crippen LogP contribution is 2.16. The molecular formula is C19H35N5O2S. The molecule has 0 aliphatic heterocycles. The van der Waals surface area contributed by atoms with E-state index in [9.17, 15) is 4.79 Å². The number of alkyl carbamates (subject to hydrolysis) is 1. The number of rotatable bonds is 8. The summed E-state index contributed by atoms with van der Waals surface area (Å²) in [5, 5.41) is 12.8. The Bertz CT molecular complexity index is 618. The van der Waals surface area contributed by atoms with Crippen molar-refractivity contribution in [3.8, 4) is 0 Å². The second kappa shape index (κ2) is 10.5. The molecule has 154 valence electrons. The van der Waals surface area contributed by atoms with Crippen molar-refractivity contribution in [3.63, 3.8) is 0 Å². The minimum Gasteiger partial charge on any atom is -0.444 e. The van der Waals surface area contributed by atoms with Crippen LogP contribution in [0.25, 0.3) is 0 Å². The number of nitrogens with zero attached hydrogens (tertiary/aromatic N) is 2. The number of guanidine groups is 1. The van der Waals surface area contributed by atoms with Crippen molar-refractivity contribution < 1.29 is 9.53 Å². The molecule has 0 spiro atoms. The second-order valence-electron chi connectivity index (χ2n) is 7.57. The zero-order valence-corrected chi connectivity index (χ0v) is 18.5. The fourth-order valence-corrected chi connectivity index (χ4v) is 3.19. The maximum Gasteiger partial charge on any atom is 0.408 e. The van der Waals surface area contributed by atoms with E-state index in [2.05, 4.69) is 45.2 Å².